The quantitative estimate of drug-likeness (QED) is 0.775. The zero-order valence-corrected chi connectivity index (χ0v) is 11.4. The van der Waals surface area contributed by atoms with E-state index < -0.39 is 0 Å². The van der Waals surface area contributed by atoms with E-state index in [1.165, 1.54) is 10.5 Å². The number of thioether (sulfide) groups is 1. The Labute approximate surface area is 103 Å². The van der Waals surface area contributed by atoms with E-state index in [0.717, 1.165) is 5.75 Å². The van der Waals surface area contributed by atoms with Crippen molar-refractivity contribution in [2.75, 3.05) is 12.8 Å². The maximum Gasteiger partial charge on any atom is 0.0495 e. The normalized spacial score (nSPS) is 13.8. The Morgan fingerprint density at radius 1 is 1.31 bits per heavy atom. The minimum Gasteiger partial charge on any atom is -0.324 e. The lowest BCUT2D eigenvalue weighted by Crippen LogP contribution is -2.45. The maximum absolute atomic E-state index is 6.15. The Morgan fingerprint density at radius 3 is 2.25 bits per heavy atom. The lowest BCUT2D eigenvalue weighted by atomic mass is 9.90. The molecule has 90 valence electrons. The minimum atomic E-state index is -0.256. The second kappa shape index (κ2) is 5.71. The van der Waals surface area contributed by atoms with E-state index in [9.17, 15) is 0 Å². The standard InChI is InChI=1S/C13H22N2S/c1-5-16-11-8-6-10(7-9-11)12(15-4)13(2,3)14/h6-9,12,15H,5,14H2,1-4H3. The first-order valence-corrected chi connectivity index (χ1v) is 6.66. The second-order valence-corrected chi connectivity index (χ2v) is 5.88. The van der Waals surface area contributed by atoms with E-state index in [2.05, 4.69) is 36.5 Å². The molecule has 0 heterocycles. The van der Waals surface area contributed by atoms with Crippen molar-refractivity contribution < 1.29 is 0 Å². The van der Waals surface area contributed by atoms with Gasteiger partial charge in [0.05, 0.1) is 0 Å². The van der Waals surface area contributed by atoms with Gasteiger partial charge in [-0.25, -0.2) is 0 Å². The summed E-state index contributed by atoms with van der Waals surface area (Å²) in [5.41, 5.74) is 7.14. The molecule has 0 spiro atoms. The van der Waals surface area contributed by atoms with Gasteiger partial charge in [0.1, 0.15) is 0 Å². The summed E-state index contributed by atoms with van der Waals surface area (Å²) in [5.74, 6) is 1.11. The van der Waals surface area contributed by atoms with Crippen molar-refractivity contribution in [2.24, 2.45) is 5.73 Å². The zero-order chi connectivity index (χ0) is 12.2. The Kier molecular flexibility index (Phi) is 4.84. The van der Waals surface area contributed by atoms with Crippen molar-refractivity contribution in [3.63, 3.8) is 0 Å². The van der Waals surface area contributed by atoms with Gasteiger partial charge in [-0.3, -0.25) is 0 Å². The third kappa shape index (κ3) is 3.51. The molecule has 1 atom stereocenters. The van der Waals surface area contributed by atoms with Crippen LogP contribution in [0.5, 0.6) is 0 Å². The van der Waals surface area contributed by atoms with Crippen LogP contribution >= 0.6 is 11.8 Å². The molecule has 0 saturated heterocycles. The smallest absolute Gasteiger partial charge is 0.0495 e. The summed E-state index contributed by atoms with van der Waals surface area (Å²) < 4.78 is 0. The summed E-state index contributed by atoms with van der Waals surface area (Å²) in [4.78, 5) is 1.32. The van der Waals surface area contributed by atoms with E-state index in [1.54, 1.807) is 0 Å². The molecule has 0 aliphatic heterocycles. The van der Waals surface area contributed by atoms with Crippen LogP contribution in [-0.4, -0.2) is 18.3 Å². The number of rotatable bonds is 5. The van der Waals surface area contributed by atoms with E-state index in [4.69, 9.17) is 5.73 Å². The van der Waals surface area contributed by atoms with Gasteiger partial charge < -0.3 is 11.1 Å². The van der Waals surface area contributed by atoms with E-state index in [0.29, 0.717) is 0 Å². The molecule has 1 aromatic rings. The van der Waals surface area contributed by atoms with Gasteiger partial charge in [-0.1, -0.05) is 19.1 Å². The minimum absolute atomic E-state index is 0.188. The molecule has 0 aliphatic carbocycles. The van der Waals surface area contributed by atoms with Crippen molar-refractivity contribution in [1.82, 2.24) is 5.32 Å². The van der Waals surface area contributed by atoms with Gasteiger partial charge in [0.2, 0.25) is 0 Å². The summed E-state index contributed by atoms with van der Waals surface area (Å²) in [6.07, 6.45) is 0. The highest BCUT2D eigenvalue weighted by Crippen LogP contribution is 2.25. The van der Waals surface area contributed by atoms with Gasteiger partial charge in [-0.2, -0.15) is 0 Å². The molecule has 0 saturated carbocycles. The first-order chi connectivity index (χ1) is 7.49. The van der Waals surface area contributed by atoms with Crippen LogP contribution in [0.25, 0.3) is 0 Å². The predicted molar refractivity (Wildman–Crippen MR) is 72.9 cm³/mol. The van der Waals surface area contributed by atoms with Crippen LogP contribution in [0.3, 0.4) is 0 Å². The number of nitrogens with one attached hydrogen (secondary N) is 1. The first-order valence-electron chi connectivity index (χ1n) is 5.68. The topological polar surface area (TPSA) is 38.0 Å². The molecule has 0 aliphatic rings. The van der Waals surface area contributed by atoms with Gasteiger partial charge in [0, 0.05) is 16.5 Å². The van der Waals surface area contributed by atoms with E-state index in [-0.39, 0.29) is 11.6 Å². The summed E-state index contributed by atoms with van der Waals surface area (Å²) in [6.45, 7) is 6.25. The van der Waals surface area contributed by atoms with Gasteiger partial charge in [-0.15, -0.1) is 11.8 Å². The molecule has 0 aromatic heterocycles. The lowest BCUT2D eigenvalue weighted by Gasteiger charge is -2.30. The highest BCUT2D eigenvalue weighted by molar-refractivity contribution is 7.99. The zero-order valence-electron chi connectivity index (χ0n) is 10.6. The van der Waals surface area contributed by atoms with Crippen LogP contribution in [0.1, 0.15) is 32.4 Å². The molecular weight excluding hydrogens is 216 g/mol. The number of hydrogen-bond donors (Lipinski definition) is 2. The van der Waals surface area contributed by atoms with Crippen molar-refractivity contribution in [1.29, 1.82) is 0 Å². The fraction of sp³-hybridized carbons (Fsp3) is 0.538. The summed E-state index contributed by atoms with van der Waals surface area (Å²) in [7, 11) is 1.95. The number of likely N-dealkylation sites (N-methyl/N-ethyl adjacent to an activating group) is 1. The maximum atomic E-state index is 6.15. The number of hydrogen-bond acceptors (Lipinski definition) is 3. The van der Waals surface area contributed by atoms with Crippen LogP contribution in [-0.2, 0) is 0 Å². The highest BCUT2D eigenvalue weighted by atomic mass is 32.2. The molecule has 3 heteroatoms. The fourth-order valence-corrected chi connectivity index (χ4v) is 2.55. The van der Waals surface area contributed by atoms with Crippen LogP contribution in [0.15, 0.2) is 29.2 Å². The molecular formula is C13H22N2S. The van der Waals surface area contributed by atoms with Crippen molar-refractivity contribution in [2.45, 2.75) is 37.2 Å². The lowest BCUT2D eigenvalue weighted by molar-refractivity contribution is 0.370. The van der Waals surface area contributed by atoms with Crippen LogP contribution in [0.2, 0.25) is 0 Å². The molecule has 1 rings (SSSR count). The molecule has 3 N–H and O–H groups in total. The summed E-state index contributed by atoms with van der Waals surface area (Å²) in [6, 6.07) is 8.84. The van der Waals surface area contributed by atoms with Crippen molar-refractivity contribution in [3.8, 4) is 0 Å². The Morgan fingerprint density at radius 2 is 1.88 bits per heavy atom. The van der Waals surface area contributed by atoms with Crippen molar-refractivity contribution >= 4 is 11.8 Å². The van der Waals surface area contributed by atoms with Gasteiger partial charge >= 0.3 is 0 Å². The largest absolute Gasteiger partial charge is 0.324 e. The molecule has 16 heavy (non-hydrogen) atoms. The highest BCUT2D eigenvalue weighted by Gasteiger charge is 2.24. The Bertz CT molecular complexity index is 314. The van der Waals surface area contributed by atoms with Crippen LogP contribution in [0.4, 0.5) is 0 Å². The van der Waals surface area contributed by atoms with Crippen molar-refractivity contribution in [3.05, 3.63) is 29.8 Å². The third-order valence-corrected chi connectivity index (χ3v) is 3.45. The molecule has 0 fully saturated rings. The third-order valence-electron chi connectivity index (χ3n) is 2.56. The summed E-state index contributed by atoms with van der Waals surface area (Å²) in [5, 5.41) is 3.28. The molecule has 1 unspecified atom stereocenters. The summed E-state index contributed by atoms with van der Waals surface area (Å²) >= 11 is 1.86. The number of nitrogens with two attached hydrogens (primary N) is 1. The predicted octanol–water partition coefficient (Wildman–Crippen LogP) is 2.80. The van der Waals surface area contributed by atoms with Gasteiger partial charge in [-0.05, 0) is 44.3 Å². The van der Waals surface area contributed by atoms with Gasteiger partial charge in [0.25, 0.3) is 0 Å². The molecule has 0 bridgehead atoms. The fourth-order valence-electron chi connectivity index (χ4n) is 1.89. The molecule has 0 amide bonds. The second-order valence-electron chi connectivity index (χ2n) is 4.55. The number of benzene rings is 1. The first kappa shape index (κ1) is 13.6. The van der Waals surface area contributed by atoms with E-state index >= 15 is 0 Å². The Hall–Kier alpha value is -0.510. The SMILES string of the molecule is CCSc1ccc(C(NC)C(C)(C)N)cc1. The van der Waals surface area contributed by atoms with Gasteiger partial charge in [0.15, 0.2) is 0 Å². The van der Waals surface area contributed by atoms with Crippen LogP contribution in [0, 0.1) is 0 Å². The molecule has 2 nitrogen and oxygen atoms in total. The monoisotopic (exact) mass is 238 g/mol. The average molecular weight is 238 g/mol. The average Bonchev–Trinajstić information content (AvgIpc) is 2.20. The molecule has 1 aromatic carbocycles. The van der Waals surface area contributed by atoms with Crippen LogP contribution < -0.4 is 11.1 Å². The molecule has 0 radical (unpaired) electrons. The Balaban J connectivity index is 2.87. The van der Waals surface area contributed by atoms with E-state index in [1.807, 2.05) is 32.7 Å².